The molecule has 6 heteroatoms. The molecule has 0 aliphatic carbocycles. The third-order valence-electron chi connectivity index (χ3n) is 6.56. The van der Waals surface area contributed by atoms with Crippen LogP contribution in [0.25, 0.3) is 6.08 Å². The Labute approximate surface area is 214 Å². The monoisotopic (exact) mass is 490 g/mol. The Hall–Kier alpha value is -3.38. The molecule has 6 nitrogen and oxygen atoms in total. The molecule has 1 heterocycles. The molecule has 1 unspecified atom stereocenters. The van der Waals surface area contributed by atoms with Gasteiger partial charge in [0, 0.05) is 13.1 Å². The van der Waals surface area contributed by atoms with Gasteiger partial charge in [-0.25, -0.2) is 0 Å². The molecule has 0 radical (unpaired) electrons. The SMILES string of the molecule is CCCCCOc1ccc(C2C(C(=O)C=Cc3ccccc3)=C(O)C(=O)N2CCN(CC)CC)cc1. The first-order valence-corrected chi connectivity index (χ1v) is 13.0. The Morgan fingerprint density at radius 3 is 2.36 bits per heavy atom. The van der Waals surface area contributed by atoms with Crippen molar-refractivity contribution in [3.05, 3.63) is 83.1 Å². The summed E-state index contributed by atoms with van der Waals surface area (Å²) in [6.45, 7) is 9.74. The fourth-order valence-electron chi connectivity index (χ4n) is 4.39. The smallest absolute Gasteiger partial charge is 0.290 e. The summed E-state index contributed by atoms with van der Waals surface area (Å²) < 4.78 is 5.84. The van der Waals surface area contributed by atoms with E-state index in [0.29, 0.717) is 19.7 Å². The van der Waals surface area contributed by atoms with Gasteiger partial charge >= 0.3 is 0 Å². The normalized spacial score (nSPS) is 15.9. The largest absolute Gasteiger partial charge is 0.503 e. The number of amides is 1. The Kier molecular flexibility index (Phi) is 10.3. The number of carbonyl (C=O) groups is 2. The number of carbonyl (C=O) groups excluding carboxylic acids is 2. The second kappa shape index (κ2) is 13.6. The summed E-state index contributed by atoms with van der Waals surface area (Å²) in [7, 11) is 0. The van der Waals surface area contributed by atoms with Gasteiger partial charge in [-0.1, -0.05) is 82.2 Å². The molecule has 0 spiro atoms. The summed E-state index contributed by atoms with van der Waals surface area (Å²) in [5.41, 5.74) is 1.75. The van der Waals surface area contributed by atoms with Gasteiger partial charge < -0.3 is 19.6 Å². The Morgan fingerprint density at radius 1 is 1.03 bits per heavy atom. The lowest BCUT2D eigenvalue weighted by atomic mass is 9.95. The number of hydrogen-bond acceptors (Lipinski definition) is 5. The van der Waals surface area contributed by atoms with Gasteiger partial charge in [0.2, 0.25) is 0 Å². The van der Waals surface area contributed by atoms with Crippen LogP contribution in [0, 0.1) is 0 Å². The standard InChI is InChI=1S/C30H38N2O4/c1-4-7-11-22-36-25-17-15-24(16-18-25)28-27(26(33)19-14-23-12-9-8-10-13-23)29(34)30(35)32(28)21-20-31(5-2)6-3/h8-10,12-19,28,34H,4-7,11,20-22H2,1-3H3. The first-order valence-electron chi connectivity index (χ1n) is 13.0. The maximum Gasteiger partial charge on any atom is 0.290 e. The highest BCUT2D eigenvalue weighted by Gasteiger charge is 2.42. The van der Waals surface area contributed by atoms with Crippen molar-refractivity contribution in [1.29, 1.82) is 0 Å². The summed E-state index contributed by atoms with van der Waals surface area (Å²) in [6.07, 6.45) is 6.39. The minimum atomic E-state index is -0.657. The summed E-state index contributed by atoms with van der Waals surface area (Å²) in [5.74, 6) is -0.607. The van der Waals surface area contributed by atoms with Crippen LogP contribution in [0.5, 0.6) is 5.75 Å². The Bertz CT molecular complexity index is 1060. The number of allylic oxidation sites excluding steroid dienone is 1. The zero-order valence-corrected chi connectivity index (χ0v) is 21.7. The molecule has 0 saturated carbocycles. The quantitative estimate of drug-likeness (QED) is 0.277. The van der Waals surface area contributed by atoms with E-state index < -0.39 is 17.7 Å². The van der Waals surface area contributed by atoms with Gasteiger partial charge in [-0.15, -0.1) is 0 Å². The molecule has 1 amide bonds. The number of ether oxygens (including phenoxy) is 1. The van der Waals surface area contributed by atoms with E-state index in [1.165, 1.54) is 6.08 Å². The number of ketones is 1. The van der Waals surface area contributed by atoms with Crippen molar-refractivity contribution in [2.24, 2.45) is 0 Å². The van der Waals surface area contributed by atoms with Crippen LogP contribution in [-0.2, 0) is 9.59 Å². The Balaban J connectivity index is 1.88. The number of unbranched alkanes of at least 4 members (excludes halogenated alkanes) is 2. The van der Waals surface area contributed by atoms with Crippen molar-refractivity contribution < 1.29 is 19.4 Å². The van der Waals surface area contributed by atoms with Gasteiger partial charge in [-0.2, -0.15) is 0 Å². The summed E-state index contributed by atoms with van der Waals surface area (Å²) in [5, 5.41) is 10.8. The van der Waals surface area contributed by atoms with Gasteiger partial charge in [-0.3, -0.25) is 9.59 Å². The fourth-order valence-corrected chi connectivity index (χ4v) is 4.39. The molecule has 192 valence electrons. The van der Waals surface area contributed by atoms with Crippen LogP contribution in [0.2, 0.25) is 0 Å². The van der Waals surface area contributed by atoms with Crippen LogP contribution in [0.1, 0.15) is 57.2 Å². The molecule has 1 N–H and O–H groups in total. The van der Waals surface area contributed by atoms with E-state index in [1.807, 2.05) is 54.6 Å². The van der Waals surface area contributed by atoms with Crippen LogP contribution in [0.15, 0.2) is 72.0 Å². The zero-order chi connectivity index (χ0) is 25.9. The maximum atomic E-state index is 13.3. The van der Waals surface area contributed by atoms with E-state index in [0.717, 1.165) is 49.2 Å². The number of nitrogens with zero attached hydrogens (tertiary/aromatic N) is 2. The van der Waals surface area contributed by atoms with Crippen LogP contribution in [-0.4, -0.2) is 59.4 Å². The molecule has 2 aromatic rings. The molecule has 36 heavy (non-hydrogen) atoms. The number of aliphatic hydroxyl groups is 1. The van der Waals surface area contributed by atoms with Gasteiger partial charge in [-0.05, 0) is 48.8 Å². The van der Waals surface area contributed by atoms with E-state index in [1.54, 1.807) is 11.0 Å². The summed E-state index contributed by atoms with van der Waals surface area (Å²) >= 11 is 0. The van der Waals surface area contributed by atoms with Crippen molar-refractivity contribution in [1.82, 2.24) is 9.80 Å². The molecular formula is C30H38N2O4. The minimum absolute atomic E-state index is 0.114. The highest BCUT2D eigenvalue weighted by atomic mass is 16.5. The van der Waals surface area contributed by atoms with Gasteiger partial charge in [0.25, 0.3) is 5.91 Å². The lowest BCUT2D eigenvalue weighted by molar-refractivity contribution is -0.129. The third-order valence-corrected chi connectivity index (χ3v) is 6.56. The van der Waals surface area contributed by atoms with Crippen molar-refractivity contribution in [3.63, 3.8) is 0 Å². The fraction of sp³-hybridized carbons (Fsp3) is 0.400. The van der Waals surface area contributed by atoms with E-state index in [9.17, 15) is 14.7 Å². The number of rotatable bonds is 14. The van der Waals surface area contributed by atoms with Crippen LogP contribution < -0.4 is 4.74 Å². The predicted octanol–water partition coefficient (Wildman–Crippen LogP) is 5.58. The molecule has 1 aliphatic rings. The Morgan fingerprint density at radius 2 is 1.72 bits per heavy atom. The van der Waals surface area contributed by atoms with Gasteiger partial charge in [0.05, 0.1) is 18.2 Å². The lowest BCUT2D eigenvalue weighted by Crippen LogP contribution is -2.38. The second-order valence-electron chi connectivity index (χ2n) is 8.92. The number of hydrogen-bond donors (Lipinski definition) is 1. The lowest BCUT2D eigenvalue weighted by Gasteiger charge is -2.29. The molecule has 0 saturated heterocycles. The van der Waals surface area contributed by atoms with Crippen molar-refractivity contribution in [3.8, 4) is 5.75 Å². The number of likely N-dealkylation sites (N-methyl/N-ethyl adjacent to an activating group) is 1. The van der Waals surface area contributed by atoms with Gasteiger partial charge in [0.15, 0.2) is 11.5 Å². The van der Waals surface area contributed by atoms with Crippen LogP contribution in [0.4, 0.5) is 0 Å². The average molecular weight is 491 g/mol. The highest BCUT2D eigenvalue weighted by Crippen LogP contribution is 2.38. The zero-order valence-electron chi connectivity index (χ0n) is 21.7. The molecule has 3 rings (SSSR count). The van der Waals surface area contributed by atoms with Crippen molar-refractivity contribution in [2.75, 3.05) is 32.8 Å². The van der Waals surface area contributed by atoms with E-state index in [2.05, 4.69) is 25.7 Å². The van der Waals surface area contributed by atoms with Crippen LogP contribution in [0.3, 0.4) is 0 Å². The van der Waals surface area contributed by atoms with E-state index >= 15 is 0 Å². The van der Waals surface area contributed by atoms with Crippen molar-refractivity contribution in [2.45, 2.75) is 46.1 Å². The van der Waals surface area contributed by atoms with E-state index in [4.69, 9.17) is 4.74 Å². The maximum absolute atomic E-state index is 13.3. The average Bonchev–Trinajstić information content (AvgIpc) is 3.16. The molecule has 0 bridgehead atoms. The molecule has 0 fully saturated rings. The predicted molar refractivity (Wildman–Crippen MR) is 144 cm³/mol. The topological polar surface area (TPSA) is 70.1 Å². The van der Waals surface area contributed by atoms with Crippen molar-refractivity contribution >= 4 is 17.8 Å². The highest BCUT2D eigenvalue weighted by molar-refractivity contribution is 6.14. The van der Waals surface area contributed by atoms with E-state index in [-0.39, 0.29) is 11.4 Å². The summed E-state index contributed by atoms with van der Waals surface area (Å²) in [4.78, 5) is 30.3. The second-order valence-corrected chi connectivity index (χ2v) is 8.92. The van der Waals surface area contributed by atoms with Crippen LogP contribution >= 0.6 is 0 Å². The first kappa shape index (κ1) is 27.2. The molecule has 1 aliphatic heterocycles. The molecule has 0 aromatic heterocycles. The first-order chi connectivity index (χ1) is 17.5. The molecular weight excluding hydrogens is 452 g/mol. The van der Waals surface area contributed by atoms with Gasteiger partial charge in [0.1, 0.15) is 5.75 Å². The number of benzene rings is 2. The number of aliphatic hydroxyl groups excluding tert-OH is 1. The molecule has 1 atom stereocenters. The summed E-state index contributed by atoms with van der Waals surface area (Å²) in [6, 6.07) is 16.3. The third kappa shape index (κ3) is 6.85. The minimum Gasteiger partial charge on any atom is -0.503 e. The molecule has 2 aromatic carbocycles.